The highest BCUT2D eigenvalue weighted by atomic mass is 16.3. The lowest BCUT2D eigenvalue weighted by atomic mass is 10.1. The van der Waals surface area contributed by atoms with E-state index in [1.165, 1.54) is 49.3 Å². The van der Waals surface area contributed by atoms with Crippen molar-refractivity contribution in [2.75, 3.05) is 39.3 Å². The van der Waals surface area contributed by atoms with Gasteiger partial charge in [0.25, 0.3) is 0 Å². The number of nitrogens with zero attached hydrogens (tertiary/aromatic N) is 2. The van der Waals surface area contributed by atoms with Crippen molar-refractivity contribution < 1.29 is 9.59 Å². The van der Waals surface area contributed by atoms with Gasteiger partial charge in [-0.3, -0.25) is 4.90 Å². The summed E-state index contributed by atoms with van der Waals surface area (Å²) in [4.78, 5) is 2.57. The standard InChI is InChI=1S/C13H18N2O/c16-13-3-1-12(2-4-13)11-15-8-5-14(6-9-15)7-10-15/h1-4H,5-11H2/p+1. The fourth-order valence-electron chi connectivity index (χ4n) is 2.96. The van der Waals surface area contributed by atoms with Gasteiger partial charge >= 0.3 is 0 Å². The molecule has 3 aliphatic rings. The Bertz CT molecular complexity index is 352. The molecule has 0 amide bonds. The summed E-state index contributed by atoms with van der Waals surface area (Å²) in [5.74, 6) is 0.368. The summed E-state index contributed by atoms with van der Waals surface area (Å²) in [6, 6.07) is 7.72. The lowest BCUT2D eigenvalue weighted by Crippen LogP contribution is -2.66. The van der Waals surface area contributed by atoms with Crippen LogP contribution in [0.2, 0.25) is 0 Å². The van der Waals surface area contributed by atoms with Crippen LogP contribution in [0.5, 0.6) is 5.75 Å². The van der Waals surface area contributed by atoms with Crippen molar-refractivity contribution in [2.45, 2.75) is 6.54 Å². The van der Waals surface area contributed by atoms with Gasteiger partial charge in [0.05, 0.1) is 19.6 Å². The van der Waals surface area contributed by atoms with Gasteiger partial charge in [-0.15, -0.1) is 0 Å². The van der Waals surface area contributed by atoms with E-state index in [9.17, 15) is 5.11 Å². The SMILES string of the molecule is Oc1ccc(C[N+]23CCN(CC2)CC3)cc1. The smallest absolute Gasteiger partial charge is 0.115 e. The van der Waals surface area contributed by atoms with Crippen molar-refractivity contribution in [1.29, 1.82) is 0 Å². The number of quaternary nitrogens is 1. The van der Waals surface area contributed by atoms with Crippen molar-refractivity contribution in [2.24, 2.45) is 0 Å². The average Bonchev–Trinajstić information content (AvgIpc) is 2.34. The average molecular weight is 219 g/mol. The molecule has 3 aliphatic heterocycles. The summed E-state index contributed by atoms with van der Waals surface area (Å²) in [5.41, 5.74) is 1.35. The minimum Gasteiger partial charge on any atom is -0.508 e. The van der Waals surface area contributed by atoms with Gasteiger partial charge in [0.2, 0.25) is 0 Å². The second kappa shape index (κ2) is 3.75. The van der Waals surface area contributed by atoms with Gasteiger partial charge in [-0.1, -0.05) is 0 Å². The molecule has 0 saturated carbocycles. The molecule has 3 heteroatoms. The van der Waals surface area contributed by atoms with Crippen LogP contribution in [0.1, 0.15) is 5.56 Å². The highest BCUT2D eigenvalue weighted by Crippen LogP contribution is 2.23. The van der Waals surface area contributed by atoms with E-state index in [0.29, 0.717) is 5.75 Å². The molecular weight excluding hydrogens is 200 g/mol. The molecule has 3 saturated heterocycles. The second-order valence-corrected chi connectivity index (χ2v) is 5.18. The predicted molar refractivity (Wildman–Crippen MR) is 63.1 cm³/mol. The van der Waals surface area contributed by atoms with Crippen LogP contribution in [0.25, 0.3) is 0 Å². The van der Waals surface area contributed by atoms with E-state index in [4.69, 9.17) is 0 Å². The quantitative estimate of drug-likeness (QED) is 0.751. The van der Waals surface area contributed by atoms with Crippen LogP contribution in [0, 0.1) is 0 Å². The van der Waals surface area contributed by atoms with Gasteiger partial charge in [-0.25, -0.2) is 0 Å². The van der Waals surface area contributed by atoms with E-state index in [1.54, 1.807) is 12.1 Å². The van der Waals surface area contributed by atoms with Crippen LogP contribution in [0.4, 0.5) is 0 Å². The fraction of sp³-hybridized carbons (Fsp3) is 0.538. The number of aromatic hydroxyl groups is 1. The molecule has 16 heavy (non-hydrogen) atoms. The first kappa shape index (κ1) is 10.1. The van der Waals surface area contributed by atoms with E-state index >= 15 is 0 Å². The lowest BCUT2D eigenvalue weighted by Gasteiger charge is -2.50. The van der Waals surface area contributed by atoms with Gasteiger partial charge in [0, 0.05) is 25.2 Å². The summed E-state index contributed by atoms with van der Waals surface area (Å²) in [6.45, 7) is 8.80. The second-order valence-electron chi connectivity index (χ2n) is 5.18. The molecule has 0 aliphatic carbocycles. The minimum absolute atomic E-state index is 0.368. The van der Waals surface area contributed by atoms with E-state index in [-0.39, 0.29) is 0 Å². The molecule has 3 nitrogen and oxygen atoms in total. The van der Waals surface area contributed by atoms with Crippen molar-refractivity contribution >= 4 is 0 Å². The van der Waals surface area contributed by atoms with Crippen LogP contribution < -0.4 is 0 Å². The summed E-state index contributed by atoms with van der Waals surface area (Å²) in [6.07, 6.45) is 0. The molecule has 3 fully saturated rings. The fourth-order valence-corrected chi connectivity index (χ4v) is 2.96. The molecule has 3 heterocycles. The molecule has 1 aromatic rings. The van der Waals surface area contributed by atoms with Crippen LogP contribution >= 0.6 is 0 Å². The summed E-state index contributed by atoms with van der Waals surface area (Å²) in [5, 5.41) is 9.28. The molecule has 1 aromatic carbocycles. The van der Waals surface area contributed by atoms with Gasteiger partial charge < -0.3 is 9.59 Å². The Kier molecular flexibility index (Phi) is 2.37. The Balaban J connectivity index is 1.75. The first-order valence-corrected chi connectivity index (χ1v) is 6.11. The number of phenols is 1. The largest absolute Gasteiger partial charge is 0.508 e. The van der Waals surface area contributed by atoms with E-state index in [1.807, 2.05) is 0 Å². The van der Waals surface area contributed by atoms with Crippen LogP contribution in [-0.2, 0) is 6.54 Å². The lowest BCUT2D eigenvalue weighted by molar-refractivity contribution is -0.953. The van der Waals surface area contributed by atoms with E-state index in [2.05, 4.69) is 17.0 Å². The number of fused-ring (bicyclic) bond motifs is 3. The Morgan fingerprint density at radius 3 is 2.12 bits per heavy atom. The summed E-state index contributed by atoms with van der Waals surface area (Å²) in [7, 11) is 0. The number of phenolic OH excluding ortho intramolecular Hbond substituents is 1. The van der Waals surface area contributed by atoms with Crippen LogP contribution in [0.3, 0.4) is 0 Å². The molecule has 4 rings (SSSR count). The zero-order chi connectivity index (χ0) is 11.0. The minimum atomic E-state index is 0.368. The summed E-state index contributed by atoms with van der Waals surface area (Å²) >= 11 is 0. The third-order valence-electron chi connectivity index (χ3n) is 4.13. The zero-order valence-electron chi connectivity index (χ0n) is 9.60. The Morgan fingerprint density at radius 1 is 1.00 bits per heavy atom. The van der Waals surface area contributed by atoms with Crippen LogP contribution in [0.15, 0.2) is 24.3 Å². The Morgan fingerprint density at radius 2 is 1.56 bits per heavy atom. The first-order chi connectivity index (χ1) is 7.76. The van der Waals surface area contributed by atoms with Crippen molar-refractivity contribution in [1.82, 2.24) is 4.90 Å². The van der Waals surface area contributed by atoms with Gasteiger partial charge in [0.15, 0.2) is 0 Å². The molecule has 0 unspecified atom stereocenters. The maximum atomic E-state index is 9.28. The Labute approximate surface area is 96.5 Å². The number of piperazine rings is 3. The number of hydrogen-bond donors (Lipinski definition) is 1. The number of hydrogen-bond acceptors (Lipinski definition) is 2. The molecular formula is C13H19N2O+. The number of rotatable bonds is 2. The van der Waals surface area contributed by atoms with Gasteiger partial charge in [-0.05, 0) is 24.3 Å². The highest BCUT2D eigenvalue weighted by molar-refractivity contribution is 5.25. The molecule has 86 valence electrons. The molecule has 1 N–H and O–H groups in total. The Hall–Kier alpha value is -1.06. The van der Waals surface area contributed by atoms with Crippen molar-refractivity contribution in [3.05, 3.63) is 29.8 Å². The third-order valence-corrected chi connectivity index (χ3v) is 4.13. The maximum absolute atomic E-state index is 9.28. The molecule has 0 aromatic heterocycles. The van der Waals surface area contributed by atoms with Crippen molar-refractivity contribution in [3.63, 3.8) is 0 Å². The highest BCUT2D eigenvalue weighted by Gasteiger charge is 2.38. The molecule has 0 radical (unpaired) electrons. The normalized spacial score (nSPS) is 32.9. The maximum Gasteiger partial charge on any atom is 0.115 e. The van der Waals surface area contributed by atoms with E-state index in [0.717, 1.165) is 6.54 Å². The van der Waals surface area contributed by atoms with Gasteiger partial charge in [-0.2, -0.15) is 0 Å². The predicted octanol–water partition coefficient (Wildman–Crippen LogP) is 1.04. The molecule has 0 atom stereocenters. The van der Waals surface area contributed by atoms with Gasteiger partial charge in [0.1, 0.15) is 12.3 Å². The zero-order valence-corrected chi connectivity index (χ0v) is 9.60. The topological polar surface area (TPSA) is 23.5 Å². The molecule has 0 spiro atoms. The van der Waals surface area contributed by atoms with E-state index < -0.39 is 0 Å². The van der Waals surface area contributed by atoms with Crippen LogP contribution in [-0.4, -0.2) is 53.8 Å². The monoisotopic (exact) mass is 219 g/mol. The molecule has 2 bridgehead atoms. The third kappa shape index (κ3) is 1.81. The number of benzene rings is 1. The van der Waals surface area contributed by atoms with Crippen molar-refractivity contribution in [3.8, 4) is 5.75 Å². The first-order valence-electron chi connectivity index (χ1n) is 6.11. The summed E-state index contributed by atoms with van der Waals surface area (Å²) < 4.78 is 1.25.